The summed E-state index contributed by atoms with van der Waals surface area (Å²) in [6, 6.07) is 16.5. The predicted octanol–water partition coefficient (Wildman–Crippen LogP) is 3.60. The Labute approximate surface area is 238 Å². The van der Waals surface area contributed by atoms with E-state index in [1.54, 1.807) is 0 Å². The van der Waals surface area contributed by atoms with E-state index in [1.807, 2.05) is 12.1 Å². The Balaban J connectivity index is 1.32. The summed E-state index contributed by atoms with van der Waals surface area (Å²) in [5, 5.41) is 24.7. The standard InChI is InChI=1S/C30H34FN7O3/c31-16-21-9-12-33-26(21)19-41-29-34-25-18-36(27-7-3-5-20-4-1-2-6-23(20)27)13-10-24(25)28(35-29)37-14-15-38(30(39)40)22(17-37)8-11-32/h1-7,21-22,26,33H,8-10,12-19H2,(H,39,40)/t21-,22-,26-/m0/s1. The van der Waals surface area contributed by atoms with Crippen LogP contribution >= 0.6 is 0 Å². The number of rotatable bonds is 7. The lowest BCUT2D eigenvalue weighted by Crippen LogP contribution is -2.55. The summed E-state index contributed by atoms with van der Waals surface area (Å²) in [5.74, 6) is 0.641. The Hall–Kier alpha value is -4.17. The maximum atomic E-state index is 13.5. The third kappa shape index (κ3) is 5.44. The van der Waals surface area contributed by atoms with Crippen LogP contribution in [0.5, 0.6) is 6.01 Å². The first-order chi connectivity index (χ1) is 20.1. The van der Waals surface area contributed by atoms with Gasteiger partial charge in [0.05, 0.1) is 37.4 Å². The molecule has 1 aromatic heterocycles. The normalized spacial score (nSPS) is 22.4. The third-order valence-corrected chi connectivity index (χ3v) is 8.57. The van der Waals surface area contributed by atoms with Crippen molar-refractivity contribution in [3.05, 3.63) is 53.7 Å². The zero-order chi connectivity index (χ0) is 28.3. The highest BCUT2D eigenvalue weighted by Crippen LogP contribution is 2.35. The molecule has 0 aliphatic carbocycles. The molecule has 0 spiro atoms. The highest BCUT2D eigenvalue weighted by atomic mass is 19.1. The summed E-state index contributed by atoms with van der Waals surface area (Å²) in [6.07, 6.45) is 0.571. The summed E-state index contributed by atoms with van der Waals surface area (Å²) >= 11 is 0. The first-order valence-corrected chi connectivity index (χ1v) is 14.2. The number of nitriles is 1. The number of alkyl halides is 1. The minimum Gasteiger partial charge on any atom is -0.465 e. The molecule has 0 bridgehead atoms. The molecule has 2 saturated heterocycles. The molecular weight excluding hydrogens is 525 g/mol. The number of aromatic nitrogens is 2. The molecule has 3 aromatic rings. The molecule has 3 atom stereocenters. The number of halogens is 1. The van der Waals surface area contributed by atoms with Gasteiger partial charge in [0.15, 0.2) is 0 Å². The number of piperazine rings is 1. The second-order valence-corrected chi connectivity index (χ2v) is 10.9. The van der Waals surface area contributed by atoms with E-state index in [2.05, 4.69) is 51.5 Å². The Morgan fingerprint density at radius 1 is 1.15 bits per heavy atom. The Morgan fingerprint density at radius 2 is 2.00 bits per heavy atom. The topological polar surface area (TPSA) is 118 Å². The van der Waals surface area contributed by atoms with Crippen LogP contribution in [0.2, 0.25) is 0 Å². The monoisotopic (exact) mass is 559 g/mol. The molecule has 3 aliphatic heterocycles. The minimum atomic E-state index is -1.02. The molecule has 41 heavy (non-hydrogen) atoms. The van der Waals surface area contributed by atoms with Crippen LogP contribution in [0.1, 0.15) is 24.1 Å². The van der Waals surface area contributed by atoms with E-state index in [-0.39, 0.29) is 37.5 Å². The second kappa shape index (κ2) is 11.7. The number of nitrogens with one attached hydrogen (secondary N) is 1. The SMILES string of the molecule is N#CC[C@H]1CN(c2nc(OC[C@@H]3NCC[C@H]3CF)nc3c2CCN(c2cccc4ccccc24)C3)CCN1C(=O)O. The number of ether oxygens (including phenoxy) is 1. The van der Waals surface area contributed by atoms with E-state index in [1.165, 1.54) is 15.7 Å². The molecule has 6 rings (SSSR count). The highest BCUT2D eigenvalue weighted by molar-refractivity contribution is 5.94. The van der Waals surface area contributed by atoms with E-state index in [0.29, 0.717) is 26.1 Å². The van der Waals surface area contributed by atoms with Crippen LogP contribution in [0.4, 0.5) is 20.7 Å². The molecule has 2 aromatic carbocycles. The van der Waals surface area contributed by atoms with Crippen molar-refractivity contribution in [2.24, 2.45) is 5.92 Å². The van der Waals surface area contributed by atoms with Gasteiger partial charge in [0.1, 0.15) is 12.4 Å². The molecule has 10 nitrogen and oxygen atoms in total. The van der Waals surface area contributed by atoms with Gasteiger partial charge in [-0.15, -0.1) is 0 Å². The van der Waals surface area contributed by atoms with Crippen molar-refractivity contribution in [1.82, 2.24) is 20.2 Å². The minimum absolute atomic E-state index is 0.0928. The van der Waals surface area contributed by atoms with Crippen molar-refractivity contribution in [3.8, 4) is 12.1 Å². The number of hydrogen-bond acceptors (Lipinski definition) is 8. The fraction of sp³-hybridized carbons (Fsp3) is 0.467. The number of nitrogens with zero attached hydrogens (tertiary/aromatic N) is 6. The first-order valence-electron chi connectivity index (χ1n) is 14.2. The fourth-order valence-electron chi connectivity index (χ4n) is 6.35. The van der Waals surface area contributed by atoms with Crippen LogP contribution in [-0.2, 0) is 13.0 Å². The van der Waals surface area contributed by atoms with E-state index in [9.17, 15) is 19.6 Å². The van der Waals surface area contributed by atoms with E-state index < -0.39 is 18.8 Å². The van der Waals surface area contributed by atoms with E-state index in [0.717, 1.165) is 42.3 Å². The van der Waals surface area contributed by atoms with Crippen LogP contribution in [0.25, 0.3) is 10.8 Å². The molecule has 0 saturated carbocycles. The maximum Gasteiger partial charge on any atom is 0.407 e. The Bertz CT molecular complexity index is 1460. The molecule has 0 unspecified atom stereocenters. The molecule has 0 radical (unpaired) electrons. The number of hydrogen-bond donors (Lipinski definition) is 2. The molecular formula is C30H34FN7O3. The molecule has 4 heterocycles. The van der Waals surface area contributed by atoms with E-state index >= 15 is 0 Å². The summed E-state index contributed by atoms with van der Waals surface area (Å²) in [7, 11) is 0. The van der Waals surface area contributed by atoms with Gasteiger partial charge in [-0.05, 0) is 30.8 Å². The van der Waals surface area contributed by atoms with Crippen molar-refractivity contribution < 1.29 is 19.0 Å². The fourth-order valence-corrected chi connectivity index (χ4v) is 6.35. The number of amides is 1. The Morgan fingerprint density at radius 3 is 2.83 bits per heavy atom. The van der Waals surface area contributed by atoms with Crippen molar-refractivity contribution in [2.75, 3.05) is 55.8 Å². The summed E-state index contributed by atoms with van der Waals surface area (Å²) in [6.45, 7) is 3.08. The smallest absolute Gasteiger partial charge is 0.407 e. The number of anilines is 2. The zero-order valence-corrected chi connectivity index (χ0v) is 22.9. The van der Waals surface area contributed by atoms with Crippen molar-refractivity contribution in [1.29, 1.82) is 5.26 Å². The largest absolute Gasteiger partial charge is 0.465 e. The highest BCUT2D eigenvalue weighted by Gasteiger charge is 2.34. The summed E-state index contributed by atoms with van der Waals surface area (Å²) in [4.78, 5) is 27.2. The van der Waals surface area contributed by atoms with Gasteiger partial charge < -0.3 is 29.9 Å². The average molecular weight is 560 g/mol. The van der Waals surface area contributed by atoms with Gasteiger partial charge >= 0.3 is 12.1 Å². The summed E-state index contributed by atoms with van der Waals surface area (Å²) in [5.41, 5.74) is 3.03. The summed E-state index contributed by atoms with van der Waals surface area (Å²) < 4.78 is 19.6. The van der Waals surface area contributed by atoms with Crippen molar-refractivity contribution in [2.45, 2.75) is 37.9 Å². The van der Waals surface area contributed by atoms with Gasteiger partial charge in [-0.1, -0.05) is 36.4 Å². The quantitative estimate of drug-likeness (QED) is 0.448. The van der Waals surface area contributed by atoms with Crippen LogP contribution in [0.15, 0.2) is 42.5 Å². The third-order valence-electron chi connectivity index (χ3n) is 8.57. The Kier molecular flexibility index (Phi) is 7.74. The van der Waals surface area contributed by atoms with Crippen LogP contribution in [-0.4, -0.2) is 84.2 Å². The predicted molar refractivity (Wildman–Crippen MR) is 153 cm³/mol. The number of benzene rings is 2. The molecule has 2 fully saturated rings. The number of carbonyl (C=O) groups is 1. The molecule has 3 aliphatic rings. The van der Waals surface area contributed by atoms with Gasteiger partial charge in [-0.2, -0.15) is 15.2 Å². The molecule has 214 valence electrons. The van der Waals surface area contributed by atoms with Gasteiger partial charge in [-0.3, -0.25) is 4.39 Å². The average Bonchev–Trinajstić information content (AvgIpc) is 3.47. The first kappa shape index (κ1) is 27.0. The number of carboxylic acid groups (broad SMARTS) is 1. The maximum absolute atomic E-state index is 13.5. The van der Waals surface area contributed by atoms with Gasteiger partial charge in [0.2, 0.25) is 0 Å². The van der Waals surface area contributed by atoms with Crippen LogP contribution in [0.3, 0.4) is 0 Å². The second-order valence-electron chi connectivity index (χ2n) is 10.9. The van der Waals surface area contributed by atoms with E-state index in [4.69, 9.17) is 14.7 Å². The van der Waals surface area contributed by atoms with Crippen LogP contribution < -0.4 is 19.9 Å². The van der Waals surface area contributed by atoms with Crippen molar-refractivity contribution >= 4 is 28.4 Å². The number of fused-ring (bicyclic) bond motifs is 2. The molecule has 1 amide bonds. The molecule has 11 heteroatoms. The lowest BCUT2D eigenvalue weighted by atomic mass is 10.0. The van der Waals surface area contributed by atoms with Gasteiger partial charge in [0.25, 0.3) is 0 Å². The lowest BCUT2D eigenvalue weighted by molar-refractivity contribution is 0.119. The van der Waals surface area contributed by atoms with Gasteiger partial charge in [0, 0.05) is 54.8 Å². The zero-order valence-electron chi connectivity index (χ0n) is 22.9. The lowest BCUT2D eigenvalue weighted by Gasteiger charge is -2.41. The molecule has 2 N–H and O–H groups in total. The van der Waals surface area contributed by atoms with Crippen LogP contribution in [0, 0.1) is 17.2 Å². The van der Waals surface area contributed by atoms with Gasteiger partial charge in [-0.25, -0.2) is 4.79 Å². The van der Waals surface area contributed by atoms with Crippen molar-refractivity contribution in [3.63, 3.8) is 0 Å².